The molecule has 0 unspecified atom stereocenters. The van der Waals surface area contributed by atoms with Crippen molar-refractivity contribution in [1.82, 2.24) is 20.0 Å². The second kappa shape index (κ2) is 7.94. The van der Waals surface area contributed by atoms with Crippen LogP contribution in [-0.2, 0) is 0 Å². The van der Waals surface area contributed by atoms with Crippen LogP contribution in [0.2, 0.25) is 0 Å². The second-order valence-corrected chi connectivity index (χ2v) is 6.35. The number of para-hydroxylation sites is 1. The van der Waals surface area contributed by atoms with Gasteiger partial charge in [0.2, 0.25) is 0 Å². The highest BCUT2D eigenvalue weighted by Crippen LogP contribution is 2.36. The highest BCUT2D eigenvalue weighted by molar-refractivity contribution is 6.10. The molecule has 4 aromatic rings. The van der Waals surface area contributed by atoms with Crippen LogP contribution < -0.4 is 5.01 Å². The largest absolute Gasteiger partial charge is 0.358 e. The molecule has 27 heavy (non-hydrogen) atoms. The van der Waals surface area contributed by atoms with Gasteiger partial charge < -0.3 is 4.98 Å². The molecule has 0 fully saturated rings. The molecule has 140 valence electrons. The van der Waals surface area contributed by atoms with Crippen LogP contribution in [0, 0.1) is 6.92 Å². The van der Waals surface area contributed by atoms with E-state index in [9.17, 15) is 0 Å². The molecule has 5 nitrogen and oxygen atoms in total. The lowest BCUT2D eigenvalue weighted by Gasteiger charge is -2.36. The number of hydrogen-bond donors (Lipinski definition) is 1. The molecule has 0 aliphatic rings. The monoisotopic (exact) mass is 381 g/mol. The lowest BCUT2D eigenvalue weighted by Crippen LogP contribution is -2.39. The van der Waals surface area contributed by atoms with Gasteiger partial charge in [-0.2, -0.15) is 0 Å². The highest BCUT2D eigenvalue weighted by atomic mass is 35.5. The van der Waals surface area contributed by atoms with E-state index in [-0.39, 0.29) is 12.4 Å². The first-order valence-corrected chi connectivity index (χ1v) is 9.06. The number of aryl methyl sites for hydroxylation is 1. The van der Waals surface area contributed by atoms with Crippen molar-refractivity contribution < 1.29 is 0 Å². The van der Waals surface area contributed by atoms with E-state index in [1.807, 2.05) is 12.1 Å². The molecule has 2 aromatic heterocycles. The number of nitrogens with zero attached hydrogens (tertiary/aromatic N) is 4. The molecule has 0 spiro atoms. The smallest absolute Gasteiger partial charge is 0.116 e. The van der Waals surface area contributed by atoms with Crippen molar-refractivity contribution in [2.24, 2.45) is 0 Å². The number of aromatic amines is 1. The van der Waals surface area contributed by atoms with Crippen molar-refractivity contribution in [2.45, 2.75) is 20.8 Å². The number of hydrogen-bond acceptors (Lipinski definition) is 4. The van der Waals surface area contributed by atoms with Crippen LogP contribution in [0.5, 0.6) is 0 Å². The summed E-state index contributed by atoms with van der Waals surface area (Å²) in [6.45, 7) is 8.28. The van der Waals surface area contributed by atoms with Crippen molar-refractivity contribution in [3.05, 3.63) is 60.6 Å². The Kier molecular flexibility index (Phi) is 5.63. The van der Waals surface area contributed by atoms with E-state index in [0.29, 0.717) is 0 Å². The van der Waals surface area contributed by atoms with Crippen LogP contribution in [0.3, 0.4) is 0 Å². The predicted octanol–water partition coefficient (Wildman–Crippen LogP) is 5.24. The van der Waals surface area contributed by atoms with Crippen molar-refractivity contribution in [3.63, 3.8) is 0 Å². The van der Waals surface area contributed by atoms with Gasteiger partial charge in [0.25, 0.3) is 0 Å². The Balaban J connectivity index is 0.00000210. The molecule has 0 radical (unpaired) electrons. The van der Waals surface area contributed by atoms with Crippen molar-refractivity contribution in [1.29, 1.82) is 0 Å². The molecule has 0 aliphatic heterocycles. The first-order valence-electron chi connectivity index (χ1n) is 9.06. The zero-order valence-electron chi connectivity index (χ0n) is 15.8. The molecule has 0 saturated carbocycles. The summed E-state index contributed by atoms with van der Waals surface area (Å²) < 4.78 is 0. The molecular weight excluding hydrogens is 358 g/mol. The molecule has 6 heteroatoms. The number of anilines is 2. The van der Waals surface area contributed by atoms with Gasteiger partial charge in [-0.3, -0.25) is 5.01 Å². The third-order valence-corrected chi connectivity index (χ3v) is 4.72. The van der Waals surface area contributed by atoms with Gasteiger partial charge in [0, 0.05) is 18.8 Å². The minimum atomic E-state index is 0. The van der Waals surface area contributed by atoms with Gasteiger partial charge in [-0.1, -0.05) is 32.0 Å². The van der Waals surface area contributed by atoms with Crippen molar-refractivity contribution in [2.75, 3.05) is 18.1 Å². The summed E-state index contributed by atoms with van der Waals surface area (Å²) in [5.74, 6) is 0. The van der Waals surface area contributed by atoms with E-state index in [1.54, 1.807) is 6.33 Å². The molecule has 1 N–H and O–H groups in total. The maximum atomic E-state index is 4.55. The van der Waals surface area contributed by atoms with E-state index in [4.69, 9.17) is 0 Å². The number of fused-ring (bicyclic) bond motifs is 3. The average Bonchev–Trinajstić information content (AvgIpc) is 3.14. The Morgan fingerprint density at radius 3 is 2.41 bits per heavy atom. The Bertz CT molecular complexity index is 1040. The second-order valence-electron chi connectivity index (χ2n) is 6.35. The van der Waals surface area contributed by atoms with Crippen molar-refractivity contribution >= 4 is 45.7 Å². The molecule has 4 rings (SSSR count). The molecular formula is C21H24ClN5. The Labute approximate surface area is 165 Å². The zero-order chi connectivity index (χ0) is 18.1. The quantitative estimate of drug-likeness (QED) is 0.480. The molecule has 2 aromatic carbocycles. The standard InChI is InChI=1S/C21H23N5.ClH/c1-4-25(5-2)26(16-9-7-6-8-10-16)19-13-15(3)24-17-11-12-18-21(20(17)19)23-14-22-18;/h6-14,24H,4-5H2,1-3H3;1H. The van der Waals surface area contributed by atoms with Crippen LogP contribution in [0.1, 0.15) is 19.5 Å². The van der Waals surface area contributed by atoms with Crippen LogP contribution >= 0.6 is 12.4 Å². The first-order chi connectivity index (χ1) is 12.7. The average molecular weight is 382 g/mol. The summed E-state index contributed by atoms with van der Waals surface area (Å²) in [5, 5.41) is 5.73. The van der Waals surface area contributed by atoms with Gasteiger partial charge in [-0.25, -0.2) is 15.0 Å². The number of benzene rings is 2. The third kappa shape index (κ3) is 3.36. The first kappa shape index (κ1) is 19.1. The van der Waals surface area contributed by atoms with Gasteiger partial charge in [-0.05, 0) is 37.3 Å². The molecule has 0 amide bonds. The van der Waals surface area contributed by atoms with E-state index >= 15 is 0 Å². The minimum absolute atomic E-state index is 0. The molecule has 2 heterocycles. The summed E-state index contributed by atoms with van der Waals surface area (Å²) in [5.41, 5.74) is 6.29. The maximum Gasteiger partial charge on any atom is 0.116 e. The molecule has 0 aliphatic carbocycles. The topological polar surface area (TPSA) is 48.0 Å². The number of H-pyrrole nitrogens is 1. The fourth-order valence-corrected chi connectivity index (χ4v) is 3.55. The zero-order valence-corrected chi connectivity index (χ0v) is 16.6. The minimum Gasteiger partial charge on any atom is -0.358 e. The number of pyridine rings is 1. The van der Waals surface area contributed by atoms with Gasteiger partial charge in [0.05, 0.1) is 27.8 Å². The number of nitrogens with one attached hydrogen (secondary N) is 1. The number of aromatic nitrogens is 3. The van der Waals surface area contributed by atoms with Gasteiger partial charge in [0.1, 0.15) is 11.8 Å². The SMILES string of the molecule is CCN(CC)N(c1ccccc1)c1cc(C)[nH]c2ccc3ncnc3c12.Cl. The van der Waals surface area contributed by atoms with Crippen LogP contribution in [-0.4, -0.2) is 33.1 Å². The van der Waals surface area contributed by atoms with Gasteiger partial charge in [0.15, 0.2) is 0 Å². The molecule has 0 saturated heterocycles. The number of rotatable bonds is 5. The van der Waals surface area contributed by atoms with E-state index in [2.05, 4.69) is 82.1 Å². The van der Waals surface area contributed by atoms with E-state index in [1.165, 1.54) is 0 Å². The number of imidazole rings is 1. The van der Waals surface area contributed by atoms with Gasteiger partial charge >= 0.3 is 0 Å². The predicted molar refractivity (Wildman–Crippen MR) is 115 cm³/mol. The summed E-state index contributed by atoms with van der Waals surface area (Å²) in [6, 6.07) is 16.8. The summed E-state index contributed by atoms with van der Waals surface area (Å²) >= 11 is 0. The van der Waals surface area contributed by atoms with Crippen LogP contribution in [0.4, 0.5) is 11.4 Å². The number of hydrazine groups is 1. The summed E-state index contributed by atoms with van der Waals surface area (Å²) in [6.07, 6.45) is 1.64. The van der Waals surface area contributed by atoms with Crippen LogP contribution in [0.25, 0.3) is 21.9 Å². The lowest BCUT2D eigenvalue weighted by atomic mass is 10.1. The Morgan fingerprint density at radius 1 is 0.963 bits per heavy atom. The molecule has 0 atom stereocenters. The highest BCUT2D eigenvalue weighted by Gasteiger charge is 2.20. The van der Waals surface area contributed by atoms with Crippen LogP contribution in [0.15, 0.2) is 54.9 Å². The summed E-state index contributed by atoms with van der Waals surface area (Å²) in [7, 11) is 0. The Hall–Kier alpha value is -2.63. The maximum absolute atomic E-state index is 4.55. The normalized spacial score (nSPS) is 11.1. The third-order valence-electron chi connectivity index (χ3n) is 4.72. The fraction of sp³-hybridized carbons (Fsp3) is 0.238. The van der Waals surface area contributed by atoms with Crippen molar-refractivity contribution in [3.8, 4) is 0 Å². The van der Waals surface area contributed by atoms with E-state index in [0.717, 1.165) is 52.1 Å². The van der Waals surface area contributed by atoms with Gasteiger partial charge in [-0.15, -0.1) is 12.4 Å². The fourth-order valence-electron chi connectivity index (χ4n) is 3.55. The Morgan fingerprint density at radius 2 is 1.70 bits per heavy atom. The summed E-state index contributed by atoms with van der Waals surface area (Å²) in [4.78, 5) is 12.4. The molecule has 0 bridgehead atoms. The van der Waals surface area contributed by atoms with E-state index < -0.39 is 0 Å². The number of halogens is 1. The lowest BCUT2D eigenvalue weighted by molar-refractivity contribution is 0.310.